The molecule has 0 spiro atoms. The average Bonchev–Trinajstić information content (AvgIpc) is 2.39. The number of ketones is 1. The van der Waals surface area contributed by atoms with Crippen molar-refractivity contribution in [2.75, 3.05) is 0 Å². The van der Waals surface area contributed by atoms with Gasteiger partial charge in [0.2, 0.25) is 5.78 Å². The zero-order chi connectivity index (χ0) is 12.3. The Morgan fingerprint density at radius 3 is 2.18 bits per heavy atom. The zero-order valence-electron chi connectivity index (χ0n) is 9.66. The molecule has 92 valence electrons. The van der Waals surface area contributed by atoms with Crippen molar-refractivity contribution < 1.29 is 13.6 Å². The number of carbonyl (C=O) groups is 1. The van der Waals surface area contributed by atoms with Crippen molar-refractivity contribution in [2.45, 2.75) is 44.4 Å². The summed E-state index contributed by atoms with van der Waals surface area (Å²) < 4.78 is 24.4. The molecule has 1 fully saturated rings. The molecule has 1 aromatic carbocycles. The first kappa shape index (κ1) is 12.2. The Kier molecular flexibility index (Phi) is 3.87. The molecule has 0 saturated heterocycles. The second kappa shape index (κ2) is 5.39. The third-order valence-electron chi connectivity index (χ3n) is 3.47. The third-order valence-corrected chi connectivity index (χ3v) is 3.47. The number of hydrogen-bond donors (Lipinski definition) is 0. The summed E-state index contributed by atoms with van der Waals surface area (Å²) in [5.41, 5.74) is 1.29. The van der Waals surface area contributed by atoms with Crippen molar-refractivity contribution in [1.29, 1.82) is 0 Å². The molecule has 2 rings (SSSR count). The van der Waals surface area contributed by atoms with Crippen molar-refractivity contribution in [3.63, 3.8) is 0 Å². The maximum atomic E-state index is 12.2. The normalized spacial score (nSPS) is 17.4. The SMILES string of the molecule is O=C(c1ccc(C2CCCCC2)cc1)C(F)F. The number of Topliss-reactive ketones (excluding diaryl/α,β-unsaturated/α-hetero) is 1. The van der Waals surface area contributed by atoms with Gasteiger partial charge in [-0.15, -0.1) is 0 Å². The van der Waals surface area contributed by atoms with E-state index in [0.717, 1.165) is 0 Å². The molecule has 0 bridgehead atoms. The van der Waals surface area contributed by atoms with Crippen LogP contribution in [0.15, 0.2) is 24.3 Å². The smallest absolute Gasteiger partial charge is 0.288 e. The summed E-state index contributed by atoms with van der Waals surface area (Å²) in [4.78, 5) is 11.1. The van der Waals surface area contributed by atoms with Gasteiger partial charge in [-0.25, -0.2) is 8.78 Å². The Labute approximate surface area is 99.8 Å². The molecule has 0 aromatic heterocycles. The van der Waals surface area contributed by atoms with Crippen LogP contribution >= 0.6 is 0 Å². The molecule has 1 saturated carbocycles. The molecule has 0 atom stereocenters. The number of alkyl halides is 2. The number of halogens is 2. The van der Waals surface area contributed by atoms with Crippen molar-refractivity contribution in [2.24, 2.45) is 0 Å². The topological polar surface area (TPSA) is 17.1 Å². The van der Waals surface area contributed by atoms with Crippen LogP contribution in [0.25, 0.3) is 0 Å². The molecular formula is C14H16F2O. The van der Waals surface area contributed by atoms with E-state index in [1.807, 2.05) is 12.1 Å². The lowest BCUT2D eigenvalue weighted by molar-refractivity contribution is 0.0678. The van der Waals surface area contributed by atoms with Gasteiger partial charge >= 0.3 is 6.43 Å². The molecule has 1 aliphatic rings. The van der Waals surface area contributed by atoms with Crippen LogP contribution in [-0.4, -0.2) is 12.2 Å². The minimum atomic E-state index is -2.91. The maximum absolute atomic E-state index is 12.2. The van der Waals surface area contributed by atoms with E-state index in [2.05, 4.69) is 0 Å². The third kappa shape index (κ3) is 2.90. The van der Waals surface area contributed by atoms with Crippen molar-refractivity contribution in [3.05, 3.63) is 35.4 Å². The van der Waals surface area contributed by atoms with Gasteiger partial charge in [0.05, 0.1) is 0 Å². The Morgan fingerprint density at radius 1 is 1.06 bits per heavy atom. The summed E-state index contributed by atoms with van der Waals surface area (Å²) in [6.45, 7) is 0. The summed E-state index contributed by atoms with van der Waals surface area (Å²) in [5, 5.41) is 0. The quantitative estimate of drug-likeness (QED) is 0.722. The van der Waals surface area contributed by atoms with Crippen LogP contribution in [0, 0.1) is 0 Å². The number of carbonyl (C=O) groups excluding carboxylic acids is 1. The standard InChI is InChI=1S/C14H16F2O/c15-14(16)13(17)12-8-6-11(7-9-12)10-4-2-1-3-5-10/h6-10,14H,1-5H2. The molecule has 1 aromatic rings. The van der Waals surface area contributed by atoms with Gasteiger partial charge < -0.3 is 0 Å². The van der Waals surface area contributed by atoms with Gasteiger partial charge in [0.25, 0.3) is 0 Å². The minimum absolute atomic E-state index is 0.111. The van der Waals surface area contributed by atoms with Gasteiger partial charge in [-0.2, -0.15) is 0 Å². The molecule has 1 nitrogen and oxygen atoms in total. The summed E-state index contributed by atoms with van der Waals surface area (Å²) in [6.07, 6.45) is 3.20. The number of rotatable bonds is 3. The highest BCUT2D eigenvalue weighted by molar-refractivity contribution is 5.98. The van der Waals surface area contributed by atoms with Crippen LogP contribution in [0.5, 0.6) is 0 Å². The first-order valence-electron chi connectivity index (χ1n) is 6.11. The van der Waals surface area contributed by atoms with Gasteiger partial charge in [0.1, 0.15) is 0 Å². The monoisotopic (exact) mass is 238 g/mol. The van der Waals surface area contributed by atoms with Gasteiger partial charge in [0.15, 0.2) is 0 Å². The first-order valence-corrected chi connectivity index (χ1v) is 6.11. The molecule has 1 aliphatic carbocycles. The molecule has 0 radical (unpaired) electrons. The van der Waals surface area contributed by atoms with Crippen LogP contribution in [0.3, 0.4) is 0 Å². The molecule has 0 N–H and O–H groups in total. The highest BCUT2D eigenvalue weighted by Crippen LogP contribution is 2.32. The summed E-state index contributed by atoms with van der Waals surface area (Å²) in [5.74, 6) is -0.542. The fraction of sp³-hybridized carbons (Fsp3) is 0.500. The van der Waals surface area contributed by atoms with Gasteiger partial charge in [-0.1, -0.05) is 43.5 Å². The molecular weight excluding hydrogens is 222 g/mol. The maximum Gasteiger partial charge on any atom is 0.300 e. The van der Waals surface area contributed by atoms with Crippen LogP contribution in [-0.2, 0) is 0 Å². The van der Waals surface area contributed by atoms with E-state index in [1.54, 1.807) is 0 Å². The predicted molar refractivity (Wildman–Crippen MR) is 62.6 cm³/mol. The van der Waals surface area contributed by atoms with Crippen molar-refractivity contribution in [1.82, 2.24) is 0 Å². The van der Waals surface area contributed by atoms with Crippen LogP contribution < -0.4 is 0 Å². The van der Waals surface area contributed by atoms with E-state index < -0.39 is 12.2 Å². The van der Waals surface area contributed by atoms with Crippen molar-refractivity contribution in [3.8, 4) is 0 Å². The lowest BCUT2D eigenvalue weighted by Gasteiger charge is -2.21. The fourth-order valence-corrected chi connectivity index (χ4v) is 2.48. The van der Waals surface area contributed by atoms with Gasteiger partial charge in [0, 0.05) is 5.56 Å². The Morgan fingerprint density at radius 2 is 1.65 bits per heavy atom. The average molecular weight is 238 g/mol. The second-order valence-corrected chi connectivity index (χ2v) is 4.62. The molecule has 0 heterocycles. The van der Waals surface area contributed by atoms with Crippen LogP contribution in [0.4, 0.5) is 8.78 Å². The van der Waals surface area contributed by atoms with Gasteiger partial charge in [-0.3, -0.25) is 4.79 Å². The predicted octanol–water partition coefficient (Wildman–Crippen LogP) is 4.18. The van der Waals surface area contributed by atoms with E-state index in [4.69, 9.17) is 0 Å². The van der Waals surface area contributed by atoms with Crippen molar-refractivity contribution >= 4 is 5.78 Å². The fourth-order valence-electron chi connectivity index (χ4n) is 2.48. The highest BCUT2D eigenvalue weighted by atomic mass is 19.3. The van der Waals surface area contributed by atoms with E-state index in [1.165, 1.54) is 49.8 Å². The molecule has 0 unspecified atom stereocenters. The largest absolute Gasteiger partial charge is 0.300 e. The Balaban J connectivity index is 2.09. The molecule has 0 aliphatic heterocycles. The summed E-state index contributed by atoms with van der Waals surface area (Å²) >= 11 is 0. The number of benzene rings is 1. The minimum Gasteiger partial charge on any atom is -0.288 e. The van der Waals surface area contributed by atoms with Gasteiger partial charge in [-0.05, 0) is 24.3 Å². The molecule has 17 heavy (non-hydrogen) atoms. The lowest BCUT2D eigenvalue weighted by atomic mass is 9.84. The van der Waals surface area contributed by atoms with Crippen LogP contribution in [0.2, 0.25) is 0 Å². The molecule has 3 heteroatoms. The highest BCUT2D eigenvalue weighted by Gasteiger charge is 2.19. The first-order chi connectivity index (χ1) is 8.18. The lowest BCUT2D eigenvalue weighted by Crippen LogP contribution is -2.10. The summed E-state index contributed by atoms with van der Waals surface area (Å²) in [7, 11) is 0. The Bertz CT molecular complexity index is 378. The number of hydrogen-bond acceptors (Lipinski definition) is 1. The van der Waals surface area contributed by atoms with E-state index in [-0.39, 0.29) is 5.56 Å². The van der Waals surface area contributed by atoms with Crippen LogP contribution in [0.1, 0.15) is 53.9 Å². The summed E-state index contributed by atoms with van der Waals surface area (Å²) in [6, 6.07) is 6.70. The zero-order valence-corrected chi connectivity index (χ0v) is 9.66. The van der Waals surface area contributed by atoms with E-state index in [0.29, 0.717) is 5.92 Å². The van der Waals surface area contributed by atoms with E-state index >= 15 is 0 Å². The molecule has 0 amide bonds. The Hall–Kier alpha value is -1.25. The van der Waals surface area contributed by atoms with E-state index in [9.17, 15) is 13.6 Å². The second-order valence-electron chi connectivity index (χ2n) is 4.62.